The highest BCUT2D eigenvalue weighted by Gasteiger charge is 2.27. The van der Waals surface area contributed by atoms with Crippen LogP contribution in [0.3, 0.4) is 0 Å². The maximum atomic E-state index is 13.4. The number of rotatable bonds is 12. The lowest BCUT2D eigenvalue weighted by atomic mass is 9.97. The van der Waals surface area contributed by atoms with Crippen LogP contribution in [0, 0.1) is 0 Å². The van der Waals surface area contributed by atoms with E-state index in [0.29, 0.717) is 25.9 Å². The summed E-state index contributed by atoms with van der Waals surface area (Å²) >= 11 is 0. The van der Waals surface area contributed by atoms with Crippen molar-refractivity contribution in [3.05, 3.63) is 137 Å². The second-order valence-corrected chi connectivity index (χ2v) is 9.39. The molecular formula is C33H33N3O4. The fraction of sp³-hybridized carbons (Fsp3) is 0.182. The van der Waals surface area contributed by atoms with E-state index >= 15 is 0 Å². The molecule has 0 heterocycles. The summed E-state index contributed by atoms with van der Waals surface area (Å²) in [4.78, 5) is 40.0. The van der Waals surface area contributed by atoms with E-state index in [1.165, 1.54) is 12.1 Å². The number of nitrogens with one attached hydrogen (secondary N) is 3. The molecule has 204 valence electrons. The highest BCUT2D eigenvalue weighted by molar-refractivity contribution is 6.15. The summed E-state index contributed by atoms with van der Waals surface area (Å²) in [6.07, 6.45) is 2.01. The zero-order valence-electron chi connectivity index (χ0n) is 22.2. The monoisotopic (exact) mass is 535 g/mol. The third-order valence-electron chi connectivity index (χ3n) is 6.49. The number of benzene rings is 4. The lowest BCUT2D eigenvalue weighted by Crippen LogP contribution is -2.34. The van der Waals surface area contributed by atoms with Gasteiger partial charge in [0.25, 0.3) is 17.7 Å². The van der Waals surface area contributed by atoms with E-state index in [-0.39, 0.29) is 29.0 Å². The zero-order chi connectivity index (χ0) is 28.2. The van der Waals surface area contributed by atoms with Gasteiger partial charge in [-0.25, -0.2) is 0 Å². The average Bonchev–Trinajstić information content (AvgIpc) is 2.99. The number of phenolic OH excluding ortho intramolecular Hbond substituents is 1. The summed E-state index contributed by atoms with van der Waals surface area (Å²) in [7, 11) is 0. The van der Waals surface area contributed by atoms with E-state index in [1.807, 2.05) is 91.0 Å². The Balaban J connectivity index is 1.52. The number of hydrogen-bond donors (Lipinski definition) is 4. The van der Waals surface area contributed by atoms with Gasteiger partial charge in [-0.15, -0.1) is 0 Å². The predicted molar refractivity (Wildman–Crippen MR) is 155 cm³/mol. The number of carbonyl (C=O) groups is 3. The van der Waals surface area contributed by atoms with Crippen molar-refractivity contribution in [1.29, 1.82) is 0 Å². The molecule has 0 fully saturated rings. The third-order valence-corrected chi connectivity index (χ3v) is 6.49. The molecule has 0 spiro atoms. The Bertz CT molecular complexity index is 1420. The van der Waals surface area contributed by atoms with Crippen molar-refractivity contribution in [3.8, 4) is 5.75 Å². The van der Waals surface area contributed by atoms with Gasteiger partial charge in [-0.05, 0) is 48.1 Å². The van der Waals surface area contributed by atoms with Crippen LogP contribution < -0.4 is 16.0 Å². The molecule has 0 radical (unpaired) electrons. The highest BCUT2D eigenvalue weighted by atomic mass is 16.3. The first-order valence-electron chi connectivity index (χ1n) is 13.4. The van der Waals surface area contributed by atoms with Crippen molar-refractivity contribution in [2.24, 2.45) is 0 Å². The lowest BCUT2D eigenvalue weighted by molar-refractivity contribution is 0.0903. The van der Waals surface area contributed by atoms with Gasteiger partial charge in [0.1, 0.15) is 5.75 Å². The van der Waals surface area contributed by atoms with Crippen molar-refractivity contribution in [1.82, 2.24) is 16.0 Å². The Morgan fingerprint density at radius 3 is 1.68 bits per heavy atom. The molecule has 0 unspecified atom stereocenters. The van der Waals surface area contributed by atoms with Crippen molar-refractivity contribution in [3.63, 3.8) is 0 Å². The van der Waals surface area contributed by atoms with E-state index in [4.69, 9.17) is 0 Å². The van der Waals surface area contributed by atoms with E-state index < -0.39 is 17.7 Å². The summed E-state index contributed by atoms with van der Waals surface area (Å²) in [6.45, 7) is 0.880. The van der Waals surface area contributed by atoms with Gasteiger partial charge in [0.2, 0.25) is 0 Å². The SMILES string of the molecule is O=C(NCc1ccccc1)c1ccc(O)c(C(=O)NCCCc2ccccc2)c1C(=O)NCCc1ccccc1. The van der Waals surface area contributed by atoms with E-state index in [1.54, 1.807) is 0 Å². The minimum absolute atomic E-state index is 0.0142. The van der Waals surface area contributed by atoms with Crippen LogP contribution in [0.1, 0.15) is 54.2 Å². The Labute approximate surface area is 234 Å². The summed E-state index contributed by atoms with van der Waals surface area (Å²) in [6, 6.07) is 31.6. The molecule has 4 N–H and O–H groups in total. The van der Waals surface area contributed by atoms with Crippen molar-refractivity contribution < 1.29 is 19.5 Å². The Morgan fingerprint density at radius 2 is 1.05 bits per heavy atom. The molecule has 7 nitrogen and oxygen atoms in total. The smallest absolute Gasteiger partial charge is 0.255 e. The van der Waals surface area contributed by atoms with Gasteiger partial charge >= 0.3 is 0 Å². The van der Waals surface area contributed by atoms with Crippen LogP contribution in [0.2, 0.25) is 0 Å². The van der Waals surface area contributed by atoms with Gasteiger partial charge in [0.15, 0.2) is 0 Å². The van der Waals surface area contributed by atoms with Gasteiger partial charge in [-0.3, -0.25) is 14.4 Å². The second kappa shape index (κ2) is 14.3. The minimum Gasteiger partial charge on any atom is -0.507 e. The van der Waals surface area contributed by atoms with Crippen LogP contribution in [0.5, 0.6) is 5.75 Å². The van der Waals surface area contributed by atoms with Crippen molar-refractivity contribution in [2.45, 2.75) is 25.8 Å². The van der Waals surface area contributed by atoms with E-state index in [2.05, 4.69) is 16.0 Å². The molecular weight excluding hydrogens is 502 g/mol. The number of phenols is 1. The van der Waals surface area contributed by atoms with Crippen molar-refractivity contribution >= 4 is 17.7 Å². The molecule has 0 atom stereocenters. The maximum Gasteiger partial charge on any atom is 0.255 e. The summed E-state index contributed by atoms with van der Waals surface area (Å²) in [5.41, 5.74) is 2.72. The number of amides is 3. The Hall–Kier alpha value is -4.91. The number of aryl methyl sites for hydroxylation is 1. The van der Waals surface area contributed by atoms with Crippen LogP contribution in [0.4, 0.5) is 0 Å². The Morgan fingerprint density at radius 1 is 0.525 bits per heavy atom. The van der Waals surface area contributed by atoms with Gasteiger partial charge in [0, 0.05) is 19.6 Å². The number of hydrogen-bond acceptors (Lipinski definition) is 4. The summed E-state index contributed by atoms with van der Waals surface area (Å²) < 4.78 is 0. The van der Waals surface area contributed by atoms with Gasteiger partial charge in [0.05, 0.1) is 16.7 Å². The molecule has 0 aliphatic heterocycles. The normalized spacial score (nSPS) is 10.5. The van der Waals surface area contributed by atoms with Crippen molar-refractivity contribution in [2.75, 3.05) is 13.1 Å². The van der Waals surface area contributed by atoms with E-state index in [0.717, 1.165) is 23.1 Å². The van der Waals surface area contributed by atoms with Crippen LogP contribution in [0.25, 0.3) is 0 Å². The first-order chi connectivity index (χ1) is 19.5. The lowest BCUT2D eigenvalue weighted by Gasteiger charge is -2.16. The minimum atomic E-state index is -0.614. The number of carbonyl (C=O) groups excluding carboxylic acids is 3. The van der Waals surface area contributed by atoms with E-state index in [9.17, 15) is 19.5 Å². The first-order valence-corrected chi connectivity index (χ1v) is 13.4. The standard InChI is InChI=1S/C33H33N3O4/c37-28-19-18-27(31(38)36-23-26-15-8-3-9-16-26)29(32(39)35-22-20-25-13-6-2-7-14-25)30(28)33(40)34-21-10-17-24-11-4-1-5-12-24/h1-9,11-16,18-19,37H,10,17,20-23H2,(H,34,40)(H,35,39)(H,36,38). The topological polar surface area (TPSA) is 108 Å². The third kappa shape index (κ3) is 7.80. The summed E-state index contributed by atoms with van der Waals surface area (Å²) in [5.74, 6) is -2.11. The first kappa shape index (κ1) is 28.1. The van der Waals surface area contributed by atoms with Crippen LogP contribution in [-0.2, 0) is 19.4 Å². The molecule has 0 saturated heterocycles. The van der Waals surface area contributed by atoms with Crippen LogP contribution in [-0.4, -0.2) is 35.9 Å². The molecule has 0 saturated carbocycles. The summed E-state index contributed by atoms with van der Waals surface area (Å²) in [5, 5.41) is 19.1. The van der Waals surface area contributed by atoms with Gasteiger partial charge in [-0.2, -0.15) is 0 Å². The molecule has 0 aliphatic rings. The molecule has 0 bridgehead atoms. The fourth-order valence-electron chi connectivity index (χ4n) is 4.40. The highest BCUT2D eigenvalue weighted by Crippen LogP contribution is 2.25. The van der Waals surface area contributed by atoms with Crippen LogP contribution in [0.15, 0.2) is 103 Å². The molecule has 4 aromatic rings. The quantitative estimate of drug-likeness (QED) is 0.198. The number of aromatic hydroxyl groups is 1. The molecule has 0 aromatic heterocycles. The molecule has 4 aromatic carbocycles. The molecule has 3 amide bonds. The molecule has 0 aliphatic carbocycles. The van der Waals surface area contributed by atoms with Crippen LogP contribution >= 0.6 is 0 Å². The zero-order valence-corrected chi connectivity index (χ0v) is 22.2. The predicted octanol–water partition coefficient (Wildman–Crippen LogP) is 4.66. The second-order valence-electron chi connectivity index (χ2n) is 9.39. The van der Waals surface area contributed by atoms with Gasteiger partial charge < -0.3 is 21.1 Å². The molecule has 40 heavy (non-hydrogen) atoms. The fourth-order valence-corrected chi connectivity index (χ4v) is 4.40. The average molecular weight is 536 g/mol. The maximum absolute atomic E-state index is 13.4. The van der Waals surface area contributed by atoms with Gasteiger partial charge in [-0.1, -0.05) is 91.0 Å². The largest absolute Gasteiger partial charge is 0.507 e. The molecule has 7 heteroatoms. The molecule has 4 rings (SSSR count). The Kier molecular flexibility index (Phi) is 10.0.